The minimum Gasteiger partial charge on any atom is -0.319 e. The summed E-state index contributed by atoms with van der Waals surface area (Å²) in [5, 5.41) is 0. The van der Waals surface area contributed by atoms with Gasteiger partial charge in [0.15, 0.2) is 0 Å². The molecule has 0 spiro atoms. The van der Waals surface area contributed by atoms with E-state index in [2.05, 4.69) is 5.73 Å². The SMILES string of the molecule is N[C@H](c1c(F)cccc1C(F)(F)F)C(F)(F)C(F)(F)F. The summed E-state index contributed by atoms with van der Waals surface area (Å²) < 4.78 is 113. The summed E-state index contributed by atoms with van der Waals surface area (Å²) in [5.74, 6) is -7.61. The number of benzene rings is 1. The number of hydrogen-bond acceptors (Lipinski definition) is 1. The van der Waals surface area contributed by atoms with E-state index >= 15 is 0 Å². The highest BCUT2D eigenvalue weighted by atomic mass is 19.4. The number of halogens is 9. The average Bonchev–Trinajstić information content (AvgIpc) is 2.24. The van der Waals surface area contributed by atoms with Crippen molar-refractivity contribution < 1.29 is 39.5 Å². The molecule has 1 aromatic rings. The minimum atomic E-state index is -6.21. The van der Waals surface area contributed by atoms with Crippen molar-refractivity contribution in [3.8, 4) is 0 Å². The lowest BCUT2D eigenvalue weighted by Gasteiger charge is -2.28. The Balaban J connectivity index is 3.48. The van der Waals surface area contributed by atoms with Crippen LogP contribution in [0.3, 0.4) is 0 Å². The van der Waals surface area contributed by atoms with Gasteiger partial charge in [-0.2, -0.15) is 35.1 Å². The molecule has 0 unspecified atom stereocenters. The highest BCUT2D eigenvalue weighted by Gasteiger charge is 2.63. The van der Waals surface area contributed by atoms with Crippen LogP contribution in [0, 0.1) is 5.82 Å². The van der Waals surface area contributed by atoms with Gasteiger partial charge in [-0.1, -0.05) is 6.07 Å². The van der Waals surface area contributed by atoms with Crippen LogP contribution in [-0.2, 0) is 6.18 Å². The fourth-order valence-electron chi connectivity index (χ4n) is 1.46. The first-order chi connectivity index (χ1) is 8.80. The van der Waals surface area contributed by atoms with E-state index in [4.69, 9.17) is 0 Å². The van der Waals surface area contributed by atoms with Gasteiger partial charge in [0.25, 0.3) is 0 Å². The predicted octanol–water partition coefficient (Wildman–Crippen LogP) is 4.04. The van der Waals surface area contributed by atoms with Gasteiger partial charge in [-0.3, -0.25) is 0 Å². The van der Waals surface area contributed by atoms with Gasteiger partial charge in [0, 0.05) is 5.56 Å². The molecule has 0 aliphatic rings. The monoisotopic (exact) mass is 311 g/mol. The summed E-state index contributed by atoms with van der Waals surface area (Å²) in [4.78, 5) is 0. The molecule has 0 amide bonds. The maximum atomic E-state index is 13.3. The topological polar surface area (TPSA) is 26.0 Å². The number of nitrogens with two attached hydrogens (primary N) is 1. The second-order valence-electron chi connectivity index (χ2n) is 3.80. The molecular formula is C10H6F9N. The van der Waals surface area contributed by atoms with E-state index in [9.17, 15) is 39.5 Å². The standard InChI is InChI=1S/C10H6F9N/c11-5-3-1-2-4(9(14,15)16)6(5)7(20)8(12,13)10(17,18)19/h1-3,7H,20H2/t7-/m1/s1. The smallest absolute Gasteiger partial charge is 0.319 e. The molecule has 0 bridgehead atoms. The summed E-state index contributed by atoms with van der Waals surface area (Å²) in [6, 6.07) is -2.50. The van der Waals surface area contributed by atoms with Gasteiger partial charge in [-0.15, -0.1) is 0 Å². The molecule has 0 saturated carbocycles. The molecule has 0 aliphatic heterocycles. The van der Waals surface area contributed by atoms with E-state index in [0.29, 0.717) is 12.1 Å². The molecule has 1 rings (SSSR count). The van der Waals surface area contributed by atoms with Crippen molar-refractivity contribution >= 4 is 0 Å². The summed E-state index contributed by atoms with van der Waals surface area (Å²) >= 11 is 0. The van der Waals surface area contributed by atoms with Crippen molar-refractivity contribution in [2.45, 2.75) is 24.3 Å². The van der Waals surface area contributed by atoms with Crippen LogP contribution in [0.5, 0.6) is 0 Å². The molecule has 0 saturated heterocycles. The van der Waals surface area contributed by atoms with Crippen LogP contribution < -0.4 is 5.73 Å². The molecule has 2 N–H and O–H groups in total. The third-order valence-corrected chi connectivity index (χ3v) is 2.44. The lowest BCUT2D eigenvalue weighted by molar-refractivity contribution is -0.291. The van der Waals surface area contributed by atoms with Crippen molar-refractivity contribution in [1.82, 2.24) is 0 Å². The van der Waals surface area contributed by atoms with Gasteiger partial charge in [-0.25, -0.2) is 4.39 Å². The van der Waals surface area contributed by atoms with Crippen LogP contribution >= 0.6 is 0 Å². The fourth-order valence-corrected chi connectivity index (χ4v) is 1.46. The Labute approximate surface area is 106 Å². The Kier molecular flexibility index (Phi) is 4.01. The van der Waals surface area contributed by atoms with E-state index in [-0.39, 0.29) is 6.07 Å². The van der Waals surface area contributed by atoms with E-state index < -0.39 is 41.3 Å². The van der Waals surface area contributed by atoms with E-state index in [1.165, 1.54) is 0 Å². The van der Waals surface area contributed by atoms with Crippen LogP contribution in [0.1, 0.15) is 17.2 Å². The molecular weight excluding hydrogens is 305 g/mol. The Morgan fingerprint density at radius 3 is 1.80 bits per heavy atom. The van der Waals surface area contributed by atoms with Gasteiger partial charge in [0.2, 0.25) is 0 Å². The molecule has 0 heterocycles. The molecule has 1 nitrogen and oxygen atoms in total. The zero-order valence-electron chi connectivity index (χ0n) is 9.29. The van der Waals surface area contributed by atoms with Crippen molar-refractivity contribution in [1.29, 1.82) is 0 Å². The van der Waals surface area contributed by atoms with Crippen molar-refractivity contribution in [3.63, 3.8) is 0 Å². The lowest BCUT2D eigenvalue weighted by atomic mass is 9.95. The first-order valence-electron chi connectivity index (χ1n) is 4.86. The Hall–Kier alpha value is -1.45. The zero-order valence-corrected chi connectivity index (χ0v) is 9.29. The summed E-state index contributed by atoms with van der Waals surface area (Å²) in [6.45, 7) is 0. The fraction of sp³-hybridized carbons (Fsp3) is 0.400. The van der Waals surface area contributed by atoms with Gasteiger partial charge in [0.05, 0.1) is 5.56 Å². The van der Waals surface area contributed by atoms with E-state index in [0.717, 1.165) is 0 Å². The number of alkyl halides is 8. The minimum absolute atomic E-state index is 0.171. The van der Waals surface area contributed by atoms with Gasteiger partial charge < -0.3 is 5.73 Å². The Bertz CT molecular complexity index is 488. The molecule has 0 aliphatic carbocycles. The Morgan fingerprint density at radius 2 is 1.40 bits per heavy atom. The molecule has 0 fully saturated rings. The van der Waals surface area contributed by atoms with Gasteiger partial charge in [-0.05, 0) is 12.1 Å². The summed E-state index contributed by atoms with van der Waals surface area (Å²) in [6.07, 6.45) is -11.5. The van der Waals surface area contributed by atoms with Crippen LogP contribution in [-0.4, -0.2) is 12.1 Å². The number of hydrogen-bond donors (Lipinski definition) is 1. The third-order valence-electron chi connectivity index (χ3n) is 2.44. The third kappa shape index (κ3) is 2.84. The zero-order chi connectivity index (χ0) is 15.9. The summed E-state index contributed by atoms with van der Waals surface area (Å²) in [5.41, 5.74) is 0.641. The quantitative estimate of drug-likeness (QED) is 0.820. The van der Waals surface area contributed by atoms with Crippen LogP contribution in [0.2, 0.25) is 0 Å². The maximum absolute atomic E-state index is 13.3. The van der Waals surface area contributed by atoms with Gasteiger partial charge in [0.1, 0.15) is 11.9 Å². The molecule has 114 valence electrons. The van der Waals surface area contributed by atoms with Crippen LogP contribution in [0.25, 0.3) is 0 Å². The van der Waals surface area contributed by atoms with Gasteiger partial charge >= 0.3 is 18.3 Å². The molecule has 20 heavy (non-hydrogen) atoms. The highest BCUT2D eigenvalue weighted by Crippen LogP contribution is 2.46. The predicted molar refractivity (Wildman–Crippen MR) is 49.3 cm³/mol. The summed E-state index contributed by atoms with van der Waals surface area (Å²) in [7, 11) is 0. The molecule has 10 heteroatoms. The van der Waals surface area contributed by atoms with Crippen molar-refractivity contribution in [2.75, 3.05) is 0 Å². The van der Waals surface area contributed by atoms with Crippen molar-refractivity contribution in [2.24, 2.45) is 5.73 Å². The second kappa shape index (κ2) is 4.83. The average molecular weight is 311 g/mol. The first-order valence-corrected chi connectivity index (χ1v) is 4.86. The van der Waals surface area contributed by atoms with Crippen LogP contribution in [0.4, 0.5) is 39.5 Å². The van der Waals surface area contributed by atoms with E-state index in [1.54, 1.807) is 0 Å². The molecule has 1 atom stereocenters. The van der Waals surface area contributed by atoms with E-state index in [1.807, 2.05) is 0 Å². The second-order valence-corrected chi connectivity index (χ2v) is 3.80. The largest absolute Gasteiger partial charge is 0.455 e. The van der Waals surface area contributed by atoms with Crippen molar-refractivity contribution in [3.05, 3.63) is 35.1 Å². The first kappa shape index (κ1) is 16.6. The molecule has 1 aromatic carbocycles. The highest BCUT2D eigenvalue weighted by molar-refractivity contribution is 5.35. The lowest BCUT2D eigenvalue weighted by Crippen LogP contribution is -2.46. The Morgan fingerprint density at radius 1 is 0.900 bits per heavy atom. The van der Waals surface area contributed by atoms with Crippen LogP contribution in [0.15, 0.2) is 18.2 Å². The normalized spacial score (nSPS) is 15.3. The molecule has 0 radical (unpaired) electrons. The maximum Gasteiger partial charge on any atom is 0.455 e. The molecule has 0 aromatic heterocycles. The number of rotatable bonds is 2.